The van der Waals surface area contributed by atoms with Gasteiger partial charge < -0.3 is 10.4 Å². The number of aliphatic hydroxyl groups is 1. The van der Waals surface area contributed by atoms with Crippen molar-refractivity contribution in [2.45, 2.75) is 32.7 Å². The van der Waals surface area contributed by atoms with E-state index in [9.17, 15) is 4.79 Å². The van der Waals surface area contributed by atoms with E-state index in [0.717, 1.165) is 20.6 Å². The van der Waals surface area contributed by atoms with E-state index in [-0.39, 0.29) is 18.6 Å². The molecule has 5 heteroatoms. The van der Waals surface area contributed by atoms with Gasteiger partial charge >= 0.3 is 0 Å². The van der Waals surface area contributed by atoms with E-state index >= 15 is 0 Å². The molecule has 0 aromatic carbocycles. The van der Waals surface area contributed by atoms with Crippen LogP contribution in [0.1, 0.15) is 35.0 Å². The van der Waals surface area contributed by atoms with Crippen LogP contribution >= 0.6 is 27.3 Å². The van der Waals surface area contributed by atoms with Crippen LogP contribution in [0.2, 0.25) is 0 Å². The first kappa shape index (κ1) is 13.7. The maximum Gasteiger partial charge on any atom is 0.261 e. The molecule has 0 aliphatic rings. The van der Waals surface area contributed by atoms with E-state index in [4.69, 9.17) is 5.11 Å². The summed E-state index contributed by atoms with van der Waals surface area (Å²) < 4.78 is 1.00. The number of carbonyl (C=O) groups excluding carboxylic acids is 1. The zero-order chi connectivity index (χ0) is 12.1. The summed E-state index contributed by atoms with van der Waals surface area (Å²) in [5, 5.41) is 11.6. The molecule has 1 amide bonds. The van der Waals surface area contributed by atoms with Crippen LogP contribution in [0.3, 0.4) is 0 Å². The molecule has 1 heterocycles. The third kappa shape index (κ3) is 3.88. The Labute approximate surface area is 108 Å². The fourth-order valence-electron chi connectivity index (χ4n) is 1.34. The van der Waals surface area contributed by atoms with Crippen molar-refractivity contribution in [1.29, 1.82) is 0 Å². The molecule has 1 aromatic rings. The molecule has 1 atom stereocenters. The zero-order valence-corrected chi connectivity index (χ0v) is 11.8. The van der Waals surface area contributed by atoms with Gasteiger partial charge in [0.2, 0.25) is 0 Å². The van der Waals surface area contributed by atoms with E-state index in [1.165, 1.54) is 11.3 Å². The fraction of sp³-hybridized carbons (Fsp3) is 0.545. The van der Waals surface area contributed by atoms with Crippen molar-refractivity contribution in [2.24, 2.45) is 0 Å². The molecule has 0 fully saturated rings. The summed E-state index contributed by atoms with van der Waals surface area (Å²) in [5.41, 5.74) is 1.08. The molecule has 0 spiro atoms. The van der Waals surface area contributed by atoms with Gasteiger partial charge in [-0.15, -0.1) is 11.3 Å². The van der Waals surface area contributed by atoms with Gasteiger partial charge in [0.05, 0.1) is 8.66 Å². The molecule has 3 nitrogen and oxygen atoms in total. The Kier molecular flexibility index (Phi) is 5.44. The maximum atomic E-state index is 11.8. The molecule has 16 heavy (non-hydrogen) atoms. The van der Waals surface area contributed by atoms with Crippen LogP contribution < -0.4 is 5.32 Å². The summed E-state index contributed by atoms with van der Waals surface area (Å²) in [6.45, 7) is 4.08. The highest BCUT2D eigenvalue weighted by Crippen LogP contribution is 2.27. The minimum atomic E-state index is -0.0377. The first-order chi connectivity index (χ1) is 7.54. The van der Waals surface area contributed by atoms with Gasteiger partial charge in [0.25, 0.3) is 5.91 Å². The van der Waals surface area contributed by atoms with Gasteiger partial charge in [-0.05, 0) is 54.2 Å². The molecule has 1 unspecified atom stereocenters. The topological polar surface area (TPSA) is 49.3 Å². The first-order valence-corrected chi connectivity index (χ1v) is 6.83. The lowest BCUT2D eigenvalue weighted by atomic mass is 10.2. The van der Waals surface area contributed by atoms with E-state index in [1.807, 2.05) is 19.9 Å². The molecule has 0 bridgehead atoms. The predicted octanol–water partition coefficient (Wildman–Crippen LogP) is 2.71. The van der Waals surface area contributed by atoms with Gasteiger partial charge in [0.15, 0.2) is 0 Å². The molecule has 90 valence electrons. The SMILES string of the molecule is Cc1cc(C(=O)NC(C)CCCO)sc1Br. The molecule has 2 N–H and O–H groups in total. The number of thiophene rings is 1. The average molecular weight is 306 g/mol. The third-order valence-corrected chi connectivity index (χ3v) is 4.39. The molecular weight excluding hydrogens is 290 g/mol. The van der Waals surface area contributed by atoms with Crippen LogP contribution in [0, 0.1) is 6.92 Å². The number of carbonyl (C=O) groups is 1. The molecule has 0 aliphatic heterocycles. The van der Waals surface area contributed by atoms with Gasteiger partial charge in [0.1, 0.15) is 0 Å². The Hall–Kier alpha value is -0.390. The second-order valence-electron chi connectivity index (χ2n) is 3.81. The minimum Gasteiger partial charge on any atom is -0.396 e. The Morgan fingerprint density at radius 1 is 1.69 bits per heavy atom. The number of hydrogen-bond acceptors (Lipinski definition) is 3. The monoisotopic (exact) mass is 305 g/mol. The number of amides is 1. The van der Waals surface area contributed by atoms with Crippen molar-refractivity contribution in [3.05, 3.63) is 20.3 Å². The summed E-state index contributed by atoms with van der Waals surface area (Å²) in [6.07, 6.45) is 1.52. The summed E-state index contributed by atoms with van der Waals surface area (Å²) in [7, 11) is 0. The highest BCUT2D eigenvalue weighted by molar-refractivity contribution is 9.11. The second-order valence-corrected chi connectivity index (χ2v) is 6.18. The number of halogens is 1. The van der Waals surface area contributed by atoms with Crippen molar-refractivity contribution in [3.63, 3.8) is 0 Å². The fourth-order valence-corrected chi connectivity index (χ4v) is 2.77. The van der Waals surface area contributed by atoms with Crippen LogP contribution in [0.25, 0.3) is 0 Å². The van der Waals surface area contributed by atoms with Crippen molar-refractivity contribution < 1.29 is 9.90 Å². The summed E-state index contributed by atoms with van der Waals surface area (Å²) in [4.78, 5) is 12.5. The second kappa shape index (κ2) is 6.37. The van der Waals surface area contributed by atoms with Gasteiger partial charge in [-0.3, -0.25) is 4.79 Å². The van der Waals surface area contributed by atoms with Crippen LogP contribution in [-0.2, 0) is 0 Å². The lowest BCUT2D eigenvalue weighted by Gasteiger charge is -2.11. The van der Waals surface area contributed by atoms with Crippen molar-refractivity contribution in [1.82, 2.24) is 5.32 Å². The highest BCUT2D eigenvalue weighted by Gasteiger charge is 2.13. The van der Waals surface area contributed by atoms with Gasteiger partial charge in [-0.2, -0.15) is 0 Å². The zero-order valence-electron chi connectivity index (χ0n) is 9.42. The van der Waals surface area contributed by atoms with E-state index in [0.29, 0.717) is 6.42 Å². The minimum absolute atomic E-state index is 0.0377. The van der Waals surface area contributed by atoms with Gasteiger partial charge in [-0.25, -0.2) is 0 Å². The smallest absolute Gasteiger partial charge is 0.261 e. The summed E-state index contributed by atoms with van der Waals surface area (Å²) in [6, 6.07) is 1.98. The quantitative estimate of drug-likeness (QED) is 0.879. The Morgan fingerprint density at radius 3 is 2.88 bits per heavy atom. The maximum absolute atomic E-state index is 11.8. The van der Waals surface area contributed by atoms with Crippen LogP contribution in [0.5, 0.6) is 0 Å². The molecule has 0 saturated heterocycles. The highest BCUT2D eigenvalue weighted by atomic mass is 79.9. The molecule has 0 saturated carbocycles. The lowest BCUT2D eigenvalue weighted by molar-refractivity contribution is 0.0940. The largest absolute Gasteiger partial charge is 0.396 e. The van der Waals surface area contributed by atoms with Crippen molar-refractivity contribution >= 4 is 33.2 Å². The standard InChI is InChI=1S/C11H16BrNO2S/c1-7-6-9(16-10(7)12)11(15)13-8(2)4-3-5-14/h6,8,14H,3-5H2,1-2H3,(H,13,15). The first-order valence-electron chi connectivity index (χ1n) is 5.22. The lowest BCUT2D eigenvalue weighted by Crippen LogP contribution is -2.32. The van der Waals surface area contributed by atoms with Gasteiger partial charge in [0, 0.05) is 12.6 Å². The Bertz CT molecular complexity index is 345. The molecule has 0 aliphatic carbocycles. The molecule has 0 radical (unpaired) electrons. The van der Waals surface area contributed by atoms with Crippen LogP contribution in [-0.4, -0.2) is 23.7 Å². The Morgan fingerprint density at radius 2 is 2.38 bits per heavy atom. The van der Waals surface area contributed by atoms with Crippen LogP contribution in [0.4, 0.5) is 0 Å². The molecule has 1 aromatic heterocycles. The number of hydrogen-bond donors (Lipinski definition) is 2. The van der Waals surface area contributed by atoms with E-state index in [2.05, 4.69) is 21.2 Å². The average Bonchev–Trinajstić information content (AvgIpc) is 2.56. The third-order valence-electron chi connectivity index (χ3n) is 2.25. The number of aliphatic hydroxyl groups excluding tert-OH is 1. The van der Waals surface area contributed by atoms with E-state index in [1.54, 1.807) is 0 Å². The normalized spacial score (nSPS) is 12.5. The summed E-state index contributed by atoms with van der Waals surface area (Å²) >= 11 is 4.84. The number of nitrogens with one attached hydrogen (secondary N) is 1. The number of aryl methyl sites for hydroxylation is 1. The summed E-state index contributed by atoms with van der Waals surface area (Å²) in [5.74, 6) is -0.0377. The van der Waals surface area contributed by atoms with Crippen molar-refractivity contribution in [3.8, 4) is 0 Å². The van der Waals surface area contributed by atoms with Gasteiger partial charge in [-0.1, -0.05) is 0 Å². The predicted molar refractivity (Wildman–Crippen MR) is 70.0 cm³/mol. The molecule has 1 rings (SSSR count). The van der Waals surface area contributed by atoms with E-state index < -0.39 is 0 Å². The van der Waals surface area contributed by atoms with Crippen molar-refractivity contribution in [2.75, 3.05) is 6.61 Å². The Balaban J connectivity index is 2.52. The van der Waals surface area contributed by atoms with Crippen LogP contribution in [0.15, 0.2) is 9.85 Å². The number of rotatable bonds is 5. The molecular formula is C11H16BrNO2S.